The number of halogens is 1. The molecule has 0 radical (unpaired) electrons. The SMILES string of the molecule is Cc1nn(CCC(=O)Nc2ccn(Cc3ccccc3)n2)c(C)c1Br. The topological polar surface area (TPSA) is 64.7 Å². The number of aryl methyl sites for hydroxylation is 2. The van der Waals surface area contributed by atoms with Crippen LogP contribution < -0.4 is 5.32 Å². The number of nitrogens with one attached hydrogen (secondary N) is 1. The van der Waals surface area contributed by atoms with Gasteiger partial charge < -0.3 is 5.32 Å². The van der Waals surface area contributed by atoms with Crippen LogP contribution in [-0.2, 0) is 17.9 Å². The van der Waals surface area contributed by atoms with E-state index in [1.165, 1.54) is 5.56 Å². The molecule has 0 saturated carbocycles. The van der Waals surface area contributed by atoms with E-state index in [0.717, 1.165) is 15.9 Å². The fourth-order valence-corrected chi connectivity index (χ4v) is 2.88. The molecule has 0 aliphatic carbocycles. The number of hydrogen-bond acceptors (Lipinski definition) is 3. The molecule has 0 fully saturated rings. The molecule has 0 bridgehead atoms. The van der Waals surface area contributed by atoms with Gasteiger partial charge in [-0.05, 0) is 35.3 Å². The van der Waals surface area contributed by atoms with Gasteiger partial charge in [0, 0.05) is 24.4 Å². The monoisotopic (exact) mass is 401 g/mol. The van der Waals surface area contributed by atoms with E-state index in [4.69, 9.17) is 0 Å². The molecule has 0 saturated heterocycles. The Labute approximate surface area is 155 Å². The lowest BCUT2D eigenvalue weighted by molar-refractivity contribution is -0.116. The van der Waals surface area contributed by atoms with Gasteiger partial charge in [-0.2, -0.15) is 10.2 Å². The zero-order valence-electron chi connectivity index (χ0n) is 14.2. The van der Waals surface area contributed by atoms with Crippen LogP contribution in [0.3, 0.4) is 0 Å². The smallest absolute Gasteiger partial charge is 0.227 e. The summed E-state index contributed by atoms with van der Waals surface area (Å²) in [6, 6.07) is 11.9. The minimum atomic E-state index is -0.0753. The lowest BCUT2D eigenvalue weighted by Crippen LogP contribution is -2.16. The number of anilines is 1. The van der Waals surface area contributed by atoms with E-state index < -0.39 is 0 Å². The molecule has 25 heavy (non-hydrogen) atoms. The number of amides is 1. The Morgan fingerprint density at radius 3 is 2.60 bits per heavy atom. The molecule has 6 nitrogen and oxygen atoms in total. The van der Waals surface area contributed by atoms with Crippen molar-refractivity contribution in [2.45, 2.75) is 33.4 Å². The normalized spacial score (nSPS) is 10.8. The highest BCUT2D eigenvalue weighted by Crippen LogP contribution is 2.19. The summed E-state index contributed by atoms with van der Waals surface area (Å²) in [6.45, 7) is 5.13. The second-order valence-corrected chi connectivity index (χ2v) is 6.68. The number of carbonyl (C=O) groups is 1. The zero-order chi connectivity index (χ0) is 17.8. The molecule has 130 valence electrons. The molecule has 1 N–H and O–H groups in total. The summed E-state index contributed by atoms with van der Waals surface area (Å²) < 4.78 is 4.64. The highest BCUT2D eigenvalue weighted by molar-refractivity contribution is 9.10. The van der Waals surface area contributed by atoms with Gasteiger partial charge in [0.1, 0.15) is 0 Å². The van der Waals surface area contributed by atoms with Gasteiger partial charge in [-0.15, -0.1) is 0 Å². The summed E-state index contributed by atoms with van der Waals surface area (Å²) in [5.41, 5.74) is 3.12. The molecule has 0 aliphatic heterocycles. The van der Waals surface area contributed by atoms with Gasteiger partial charge in [0.25, 0.3) is 0 Å². The van der Waals surface area contributed by atoms with Crippen molar-refractivity contribution in [2.75, 3.05) is 5.32 Å². The van der Waals surface area contributed by atoms with E-state index in [2.05, 4.69) is 31.4 Å². The minimum Gasteiger partial charge on any atom is -0.309 e. The maximum atomic E-state index is 12.1. The number of benzene rings is 1. The van der Waals surface area contributed by atoms with Crippen LogP contribution >= 0.6 is 15.9 Å². The van der Waals surface area contributed by atoms with Crippen molar-refractivity contribution in [1.29, 1.82) is 0 Å². The van der Waals surface area contributed by atoms with Crippen LogP contribution in [0.2, 0.25) is 0 Å². The highest BCUT2D eigenvalue weighted by atomic mass is 79.9. The molecule has 0 atom stereocenters. The minimum absolute atomic E-state index is 0.0753. The number of hydrogen-bond donors (Lipinski definition) is 1. The second kappa shape index (κ2) is 7.65. The maximum absolute atomic E-state index is 12.1. The molecule has 0 aliphatic rings. The summed E-state index contributed by atoms with van der Waals surface area (Å²) in [4.78, 5) is 12.1. The van der Waals surface area contributed by atoms with Crippen LogP contribution in [0, 0.1) is 13.8 Å². The van der Waals surface area contributed by atoms with E-state index in [1.54, 1.807) is 6.07 Å². The predicted molar refractivity (Wildman–Crippen MR) is 100 cm³/mol. The van der Waals surface area contributed by atoms with Crippen LogP contribution in [0.4, 0.5) is 5.82 Å². The van der Waals surface area contributed by atoms with E-state index in [1.807, 2.05) is 59.7 Å². The molecule has 1 aromatic carbocycles. The molecule has 2 heterocycles. The van der Waals surface area contributed by atoms with Crippen LogP contribution in [0.15, 0.2) is 47.1 Å². The van der Waals surface area contributed by atoms with Crippen LogP contribution in [0.1, 0.15) is 23.4 Å². The molecule has 3 rings (SSSR count). The maximum Gasteiger partial charge on any atom is 0.227 e. The molecule has 2 aromatic heterocycles. The Balaban J connectivity index is 1.54. The van der Waals surface area contributed by atoms with Crippen molar-refractivity contribution in [1.82, 2.24) is 19.6 Å². The third-order valence-electron chi connectivity index (χ3n) is 3.94. The fourth-order valence-electron chi connectivity index (χ4n) is 2.59. The van der Waals surface area contributed by atoms with Gasteiger partial charge in [0.15, 0.2) is 5.82 Å². The Morgan fingerprint density at radius 2 is 1.92 bits per heavy atom. The molecular formula is C18H20BrN5O. The zero-order valence-corrected chi connectivity index (χ0v) is 15.8. The van der Waals surface area contributed by atoms with E-state index in [9.17, 15) is 4.79 Å². The Bertz CT molecular complexity index is 869. The van der Waals surface area contributed by atoms with Crippen molar-refractivity contribution < 1.29 is 4.79 Å². The number of rotatable bonds is 6. The first-order chi connectivity index (χ1) is 12.0. The van der Waals surface area contributed by atoms with Crippen molar-refractivity contribution in [2.24, 2.45) is 0 Å². The van der Waals surface area contributed by atoms with Gasteiger partial charge in [-0.3, -0.25) is 14.2 Å². The first kappa shape index (κ1) is 17.4. The molecule has 0 unspecified atom stereocenters. The number of aromatic nitrogens is 4. The summed E-state index contributed by atoms with van der Waals surface area (Å²) in [6.07, 6.45) is 2.21. The first-order valence-corrected chi connectivity index (χ1v) is 8.89. The standard InChI is InChI=1S/C18H20BrN5O/c1-13-18(19)14(2)24(21-13)11-9-17(25)20-16-8-10-23(22-16)12-15-6-4-3-5-7-15/h3-8,10H,9,11-12H2,1-2H3,(H,20,22,25). The Morgan fingerprint density at radius 1 is 1.16 bits per heavy atom. The van der Waals surface area contributed by atoms with Crippen LogP contribution in [0.25, 0.3) is 0 Å². The van der Waals surface area contributed by atoms with Gasteiger partial charge in [0.2, 0.25) is 5.91 Å². The first-order valence-electron chi connectivity index (χ1n) is 8.09. The third-order valence-corrected chi connectivity index (χ3v) is 5.09. The Kier molecular flexibility index (Phi) is 5.33. The molecular weight excluding hydrogens is 382 g/mol. The third kappa shape index (κ3) is 4.36. The highest BCUT2D eigenvalue weighted by Gasteiger charge is 2.11. The number of nitrogens with zero attached hydrogens (tertiary/aromatic N) is 4. The van der Waals surface area contributed by atoms with Crippen molar-refractivity contribution in [3.8, 4) is 0 Å². The summed E-state index contributed by atoms with van der Waals surface area (Å²) in [5, 5.41) is 11.6. The van der Waals surface area contributed by atoms with Gasteiger partial charge in [0.05, 0.1) is 23.3 Å². The molecule has 1 amide bonds. The summed E-state index contributed by atoms with van der Waals surface area (Å²) >= 11 is 3.49. The predicted octanol–water partition coefficient (Wildman–Crippen LogP) is 3.54. The second-order valence-electron chi connectivity index (χ2n) is 5.89. The van der Waals surface area contributed by atoms with Crippen LogP contribution in [-0.4, -0.2) is 25.5 Å². The number of carbonyl (C=O) groups excluding carboxylic acids is 1. The fraction of sp³-hybridized carbons (Fsp3) is 0.278. The van der Waals surface area contributed by atoms with Crippen LogP contribution in [0.5, 0.6) is 0 Å². The van der Waals surface area contributed by atoms with E-state index >= 15 is 0 Å². The van der Waals surface area contributed by atoms with Crippen molar-refractivity contribution in [3.05, 3.63) is 64.0 Å². The lowest BCUT2D eigenvalue weighted by atomic mass is 10.2. The summed E-state index contributed by atoms with van der Waals surface area (Å²) in [5.74, 6) is 0.490. The van der Waals surface area contributed by atoms with Gasteiger partial charge in [-0.25, -0.2) is 0 Å². The molecule has 0 spiro atoms. The average molecular weight is 402 g/mol. The van der Waals surface area contributed by atoms with Crippen molar-refractivity contribution in [3.63, 3.8) is 0 Å². The Hall–Kier alpha value is -2.41. The lowest BCUT2D eigenvalue weighted by Gasteiger charge is -2.05. The van der Waals surface area contributed by atoms with E-state index in [0.29, 0.717) is 25.3 Å². The molecule has 3 aromatic rings. The molecule has 7 heteroatoms. The van der Waals surface area contributed by atoms with Gasteiger partial charge in [-0.1, -0.05) is 30.3 Å². The largest absolute Gasteiger partial charge is 0.309 e. The van der Waals surface area contributed by atoms with Crippen molar-refractivity contribution >= 4 is 27.7 Å². The quantitative estimate of drug-likeness (QED) is 0.686. The summed E-state index contributed by atoms with van der Waals surface area (Å²) in [7, 11) is 0. The average Bonchev–Trinajstić information content (AvgIpc) is 3.13. The van der Waals surface area contributed by atoms with Gasteiger partial charge >= 0.3 is 0 Å². The van der Waals surface area contributed by atoms with E-state index in [-0.39, 0.29) is 5.91 Å².